The molecule has 0 radical (unpaired) electrons. The molecule has 23 heavy (non-hydrogen) atoms. The van der Waals surface area contributed by atoms with Crippen LogP contribution in [0.2, 0.25) is 0 Å². The summed E-state index contributed by atoms with van der Waals surface area (Å²) in [5.74, 6) is -0.121. The fraction of sp³-hybridized carbons (Fsp3) is 0.556. The lowest BCUT2D eigenvalue weighted by Gasteiger charge is -2.28. The zero-order valence-electron chi connectivity index (χ0n) is 14.3. The summed E-state index contributed by atoms with van der Waals surface area (Å²) in [6.07, 6.45) is 1.08. The molecule has 0 spiro atoms. The van der Waals surface area contributed by atoms with Gasteiger partial charge in [0.05, 0.1) is 6.04 Å². The zero-order valence-corrected chi connectivity index (χ0v) is 14.3. The molecule has 0 aliphatic carbocycles. The van der Waals surface area contributed by atoms with E-state index in [9.17, 15) is 9.59 Å². The van der Waals surface area contributed by atoms with E-state index in [0.717, 1.165) is 12.0 Å². The molecule has 0 saturated carbocycles. The molecule has 1 unspecified atom stereocenters. The third-order valence-electron chi connectivity index (χ3n) is 3.84. The number of ether oxygens (including phenoxy) is 1. The van der Waals surface area contributed by atoms with Crippen LogP contribution in [0.25, 0.3) is 0 Å². The standard InChI is InChI=1S/C18H26N2O3/c1-13(14-9-6-5-7-10-14)19-16(21)15-11-8-12-20(15)17(22)23-18(2,3)4/h5-7,9-10,13,15H,8,11-12H2,1-4H3,(H,19,21)/t13?,15-/m1/s1. The zero-order chi connectivity index (χ0) is 17.0. The topological polar surface area (TPSA) is 58.6 Å². The van der Waals surface area contributed by atoms with Crippen molar-refractivity contribution in [3.63, 3.8) is 0 Å². The van der Waals surface area contributed by atoms with Crippen LogP contribution in [-0.2, 0) is 9.53 Å². The molecular weight excluding hydrogens is 292 g/mol. The summed E-state index contributed by atoms with van der Waals surface area (Å²) in [6.45, 7) is 7.99. The van der Waals surface area contributed by atoms with E-state index < -0.39 is 17.7 Å². The number of likely N-dealkylation sites (tertiary alicyclic amines) is 1. The molecule has 2 rings (SSSR count). The SMILES string of the molecule is CC(NC(=O)[C@H]1CCCN1C(=O)OC(C)(C)C)c1ccccc1. The highest BCUT2D eigenvalue weighted by atomic mass is 16.6. The summed E-state index contributed by atoms with van der Waals surface area (Å²) in [5.41, 5.74) is 0.487. The Morgan fingerprint density at radius 2 is 1.91 bits per heavy atom. The number of nitrogens with zero attached hydrogens (tertiary/aromatic N) is 1. The summed E-state index contributed by atoms with van der Waals surface area (Å²) in [6, 6.07) is 9.25. The molecule has 1 heterocycles. The molecule has 1 saturated heterocycles. The third-order valence-corrected chi connectivity index (χ3v) is 3.84. The van der Waals surface area contributed by atoms with Gasteiger partial charge in [0, 0.05) is 6.54 Å². The monoisotopic (exact) mass is 318 g/mol. The molecule has 1 aromatic rings. The number of hydrogen-bond donors (Lipinski definition) is 1. The molecule has 1 N–H and O–H groups in total. The van der Waals surface area contributed by atoms with E-state index in [1.807, 2.05) is 58.0 Å². The van der Waals surface area contributed by atoms with Crippen LogP contribution in [0.1, 0.15) is 52.1 Å². The molecule has 1 aliphatic heterocycles. The minimum Gasteiger partial charge on any atom is -0.444 e. The van der Waals surface area contributed by atoms with Gasteiger partial charge in [0.1, 0.15) is 11.6 Å². The Bertz CT molecular complexity index is 551. The first-order chi connectivity index (χ1) is 10.8. The normalized spacial score (nSPS) is 19.3. The van der Waals surface area contributed by atoms with E-state index in [-0.39, 0.29) is 11.9 Å². The summed E-state index contributed by atoms with van der Waals surface area (Å²) >= 11 is 0. The Kier molecular flexibility index (Phi) is 5.29. The second kappa shape index (κ2) is 7.02. The van der Waals surface area contributed by atoms with E-state index in [1.54, 1.807) is 0 Å². The molecule has 126 valence electrons. The maximum Gasteiger partial charge on any atom is 0.410 e. The average Bonchev–Trinajstić information content (AvgIpc) is 2.96. The van der Waals surface area contributed by atoms with Crippen molar-refractivity contribution < 1.29 is 14.3 Å². The Hall–Kier alpha value is -2.04. The number of hydrogen-bond acceptors (Lipinski definition) is 3. The van der Waals surface area contributed by atoms with Gasteiger partial charge in [-0.25, -0.2) is 4.79 Å². The lowest BCUT2D eigenvalue weighted by molar-refractivity contribution is -0.126. The van der Waals surface area contributed by atoms with E-state index in [1.165, 1.54) is 4.90 Å². The molecule has 1 fully saturated rings. The van der Waals surface area contributed by atoms with Gasteiger partial charge in [-0.3, -0.25) is 9.69 Å². The van der Waals surface area contributed by atoms with E-state index >= 15 is 0 Å². The lowest BCUT2D eigenvalue weighted by Crippen LogP contribution is -2.48. The maximum absolute atomic E-state index is 12.5. The minimum atomic E-state index is -0.558. The number of rotatable bonds is 3. The molecule has 1 aliphatic rings. The van der Waals surface area contributed by atoms with Crippen molar-refractivity contribution in [3.05, 3.63) is 35.9 Å². The van der Waals surface area contributed by atoms with Gasteiger partial charge < -0.3 is 10.1 Å². The molecule has 0 bridgehead atoms. The first-order valence-electron chi connectivity index (χ1n) is 8.13. The highest BCUT2D eigenvalue weighted by Crippen LogP contribution is 2.22. The van der Waals surface area contributed by atoms with Crippen LogP contribution in [0.15, 0.2) is 30.3 Å². The predicted octanol–water partition coefficient (Wildman–Crippen LogP) is 3.26. The Morgan fingerprint density at radius 3 is 2.52 bits per heavy atom. The molecular formula is C18H26N2O3. The Balaban J connectivity index is 1.99. The fourth-order valence-electron chi connectivity index (χ4n) is 2.71. The van der Waals surface area contributed by atoms with Crippen molar-refractivity contribution in [2.75, 3.05) is 6.54 Å². The summed E-state index contributed by atoms with van der Waals surface area (Å²) in [4.78, 5) is 26.3. The van der Waals surface area contributed by atoms with Gasteiger partial charge in [-0.05, 0) is 46.1 Å². The maximum atomic E-state index is 12.5. The number of nitrogens with one attached hydrogen (secondary N) is 1. The van der Waals surface area contributed by atoms with Crippen LogP contribution in [0.4, 0.5) is 4.79 Å². The number of carbonyl (C=O) groups excluding carboxylic acids is 2. The molecule has 5 heteroatoms. The smallest absolute Gasteiger partial charge is 0.410 e. The third kappa shape index (κ3) is 4.71. The molecule has 2 amide bonds. The van der Waals surface area contributed by atoms with Gasteiger partial charge >= 0.3 is 6.09 Å². The Morgan fingerprint density at radius 1 is 1.26 bits per heavy atom. The van der Waals surface area contributed by atoms with Crippen molar-refractivity contribution in [1.29, 1.82) is 0 Å². The number of amides is 2. The fourth-order valence-corrected chi connectivity index (χ4v) is 2.71. The van der Waals surface area contributed by atoms with Crippen molar-refractivity contribution in [2.45, 2.75) is 58.2 Å². The van der Waals surface area contributed by atoms with Gasteiger partial charge in [0.2, 0.25) is 5.91 Å². The van der Waals surface area contributed by atoms with Crippen LogP contribution in [0.5, 0.6) is 0 Å². The second-order valence-corrected chi connectivity index (χ2v) is 6.97. The summed E-state index contributed by atoms with van der Waals surface area (Å²) < 4.78 is 5.40. The Labute approximate surface area is 138 Å². The minimum absolute atomic E-state index is 0.0928. The van der Waals surface area contributed by atoms with E-state index in [2.05, 4.69) is 5.32 Å². The van der Waals surface area contributed by atoms with Crippen molar-refractivity contribution in [1.82, 2.24) is 10.2 Å². The first-order valence-corrected chi connectivity index (χ1v) is 8.13. The molecule has 1 aromatic carbocycles. The van der Waals surface area contributed by atoms with Crippen molar-refractivity contribution in [2.24, 2.45) is 0 Å². The highest BCUT2D eigenvalue weighted by Gasteiger charge is 2.36. The van der Waals surface area contributed by atoms with Crippen LogP contribution in [0.3, 0.4) is 0 Å². The van der Waals surface area contributed by atoms with Crippen LogP contribution in [0, 0.1) is 0 Å². The van der Waals surface area contributed by atoms with Crippen LogP contribution in [-0.4, -0.2) is 35.1 Å². The van der Waals surface area contributed by atoms with Gasteiger partial charge in [0.15, 0.2) is 0 Å². The number of benzene rings is 1. The van der Waals surface area contributed by atoms with Gasteiger partial charge in [0.25, 0.3) is 0 Å². The first kappa shape index (κ1) is 17.3. The van der Waals surface area contributed by atoms with Crippen molar-refractivity contribution in [3.8, 4) is 0 Å². The van der Waals surface area contributed by atoms with Gasteiger partial charge in [-0.2, -0.15) is 0 Å². The van der Waals surface area contributed by atoms with E-state index in [0.29, 0.717) is 13.0 Å². The van der Waals surface area contributed by atoms with Crippen molar-refractivity contribution >= 4 is 12.0 Å². The predicted molar refractivity (Wildman–Crippen MR) is 89.0 cm³/mol. The second-order valence-electron chi connectivity index (χ2n) is 6.97. The molecule has 5 nitrogen and oxygen atoms in total. The molecule has 2 atom stereocenters. The highest BCUT2D eigenvalue weighted by molar-refractivity contribution is 5.86. The van der Waals surface area contributed by atoms with Gasteiger partial charge in [-0.15, -0.1) is 0 Å². The summed E-state index contributed by atoms with van der Waals surface area (Å²) in [7, 11) is 0. The number of carbonyl (C=O) groups is 2. The quantitative estimate of drug-likeness (QED) is 0.930. The lowest BCUT2D eigenvalue weighted by atomic mass is 10.1. The summed E-state index contributed by atoms with van der Waals surface area (Å²) in [5, 5.41) is 3.00. The van der Waals surface area contributed by atoms with Crippen LogP contribution < -0.4 is 5.32 Å². The molecule has 0 aromatic heterocycles. The van der Waals surface area contributed by atoms with Gasteiger partial charge in [-0.1, -0.05) is 30.3 Å². The van der Waals surface area contributed by atoms with E-state index in [4.69, 9.17) is 4.74 Å². The van der Waals surface area contributed by atoms with Crippen LogP contribution >= 0.6 is 0 Å². The average molecular weight is 318 g/mol. The largest absolute Gasteiger partial charge is 0.444 e.